The molecule has 1 N–H and O–H groups in total. The molecule has 3 aromatic heterocycles. The van der Waals surface area contributed by atoms with E-state index in [4.69, 9.17) is 4.52 Å². The van der Waals surface area contributed by atoms with Crippen molar-refractivity contribution in [2.75, 3.05) is 13.1 Å². The van der Waals surface area contributed by atoms with Gasteiger partial charge in [0.1, 0.15) is 0 Å². The molecule has 4 rings (SSSR count). The highest BCUT2D eigenvalue weighted by atomic mass is 16.5. The number of carbonyl (C=O) groups is 1. The van der Waals surface area contributed by atoms with Crippen molar-refractivity contribution in [1.29, 1.82) is 0 Å². The first kappa shape index (κ1) is 17.5. The lowest BCUT2D eigenvalue weighted by molar-refractivity contribution is 0.0670. The third kappa shape index (κ3) is 3.37. The molecule has 140 valence electrons. The number of aromatic nitrogens is 3. The van der Waals surface area contributed by atoms with Crippen LogP contribution in [0.5, 0.6) is 0 Å². The number of piperidine rings is 1. The third-order valence-electron chi connectivity index (χ3n) is 5.19. The molecule has 3 aromatic rings. The molecule has 0 radical (unpaired) electrons. The molecule has 0 unspecified atom stereocenters. The fraction of sp³-hybridized carbons (Fsp3) is 0.400. The van der Waals surface area contributed by atoms with Gasteiger partial charge in [-0.1, -0.05) is 19.0 Å². The van der Waals surface area contributed by atoms with E-state index in [9.17, 15) is 9.59 Å². The van der Waals surface area contributed by atoms with Gasteiger partial charge in [-0.3, -0.25) is 14.6 Å². The number of nitrogens with one attached hydrogen (secondary N) is 1. The Labute approximate surface area is 156 Å². The Morgan fingerprint density at radius 2 is 2.07 bits per heavy atom. The zero-order valence-electron chi connectivity index (χ0n) is 15.4. The zero-order chi connectivity index (χ0) is 19.0. The number of rotatable bonds is 3. The molecular weight excluding hydrogens is 344 g/mol. The van der Waals surface area contributed by atoms with Gasteiger partial charge in [-0.25, -0.2) is 0 Å². The zero-order valence-corrected chi connectivity index (χ0v) is 15.4. The highest BCUT2D eigenvalue weighted by molar-refractivity contribution is 5.91. The third-order valence-corrected chi connectivity index (χ3v) is 5.19. The van der Waals surface area contributed by atoms with Gasteiger partial charge in [0.05, 0.1) is 16.6 Å². The number of hydrogen-bond donors (Lipinski definition) is 1. The lowest BCUT2D eigenvalue weighted by Gasteiger charge is -2.31. The van der Waals surface area contributed by atoms with Crippen molar-refractivity contribution in [3.8, 4) is 0 Å². The van der Waals surface area contributed by atoms with Crippen LogP contribution in [0.25, 0.3) is 10.9 Å². The monoisotopic (exact) mass is 366 g/mol. The molecule has 0 saturated carbocycles. The van der Waals surface area contributed by atoms with E-state index in [2.05, 4.69) is 15.1 Å². The van der Waals surface area contributed by atoms with Crippen LogP contribution in [0.15, 0.2) is 39.8 Å². The van der Waals surface area contributed by atoms with E-state index in [-0.39, 0.29) is 23.3 Å². The Bertz CT molecular complexity index is 1030. The average Bonchev–Trinajstić information content (AvgIpc) is 3.18. The van der Waals surface area contributed by atoms with E-state index >= 15 is 0 Å². The van der Waals surface area contributed by atoms with E-state index in [1.807, 2.05) is 19.9 Å². The van der Waals surface area contributed by atoms with Crippen molar-refractivity contribution in [2.45, 2.75) is 38.5 Å². The standard InChI is InChI=1S/C20H22N4O3/c1-12(2)15-11-18(27-23-15)20(26)24-8-5-13(6-9-24)16-10-17-14(19(25)22-16)4-3-7-21-17/h3-4,7,10-13H,5-6,8-9H2,1-2H3,(H,22,25). The van der Waals surface area contributed by atoms with E-state index in [0.29, 0.717) is 29.8 Å². The number of amides is 1. The number of fused-ring (bicyclic) bond motifs is 1. The number of H-pyrrole nitrogens is 1. The maximum atomic E-state index is 12.6. The van der Waals surface area contributed by atoms with Gasteiger partial charge in [-0.2, -0.15) is 0 Å². The van der Waals surface area contributed by atoms with E-state index in [1.54, 1.807) is 29.3 Å². The molecule has 1 saturated heterocycles. The van der Waals surface area contributed by atoms with Crippen LogP contribution in [0.3, 0.4) is 0 Å². The van der Waals surface area contributed by atoms with Gasteiger partial charge in [-0.15, -0.1) is 0 Å². The number of pyridine rings is 2. The van der Waals surface area contributed by atoms with Crippen LogP contribution >= 0.6 is 0 Å². The minimum atomic E-state index is -0.124. The van der Waals surface area contributed by atoms with Crippen LogP contribution in [0, 0.1) is 0 Å². The number of likely N-dealkylation sites (tertiary alicyclic amines) is 1. The summed E-state index contributed by atoms with van der Waals surface area (Å²) >= 11 is 0. The second-order valence-corrected chi connectivity index (χ2v) is 7.33. The molecular formula is C20H22N4O3. The predicted molar refractivity (Wildman–Crippen MR) is 101 cm³/mol. The Kier molecular flexibility index (Phi) is 4.51. The molecule has 1 fully saturated rings. The van der Waals surface area contributed by atoms with Gasteiger partial charge in [0.2, 0.25) is 5.76 Å². The summed E-state index contributed by atoms with van der Waals surface area (Å²) in [6, 6.07) is 7.21. The summed E-state index contributed by atoms with van der Waals surface area (Å²) in [5.41, 5.74) is 2.27. The normalized spacial score (nSPS) is 15.6. The van der Waals surface area contributed by atoms with Gasteiger partial charge in [-0.05, 0) is 37.0 Å². The molecule has 7 nitrogen and oxygen atoms in total. The second-order valence-electron chi connectivity index (χ2n) is 7.33. The molecule has 0 atom stereocenters. The van der Waals surface area contributed by atoms with Crippen LogP contribution in [-0.2, 0) is 0 Å². The minimum absolute atomic E-state index is 0.114. The van der Waals surface area contributed by atoms with Crippen molar-refractivity contribution in [3.05, 3.63) is 58.0 Å². The summed E-state index contributed by atoms with van der Waals surface area (Å²) in [5.74, 6) is 0.593. The summed E-state index contributed by atoms with van der Waals surface area (Å²) in [6.07, 6.45) is 3.26. The fourth-order valence-corrected chi connectivity index (χ4v) is 3.54. The van der Waals surface area contributed by atoms with Gasteiger partial charge in [0.15, 0.2) is 0 Å². The Hall–Kier alpha value is -2.96. The van der Waals surface area contributed by atoms with Crippen LogP contribution in [0.4, 0.5) is 0 Å². The van der Waals surface area contributed by atoms with E-state index < -0.39 is 0 Å². The Balaban J connectivity index is 1.47. The molecule has 4 heterocycles. The van der Waals surface area contributed by atoms with E-state index in [1.165, 1.54) is 0 Å². The van der Waals surface area contributed by atoms with Crippen LogP contribution in [0.1, 0.15) is 60.5 Å². The van der Waals surface area contributed by atoms with Gasteiger partial charge in [0, 0.05) is 37.0 Å². The highest BCUT2D eigenvalue weighted by Gasteiger charge is 2.27. The molecule has 27 heavy (non-hydrogen) atoms. The van der Waals surface area contributed by atoms with Gasteiger partial charge in [0.25, 0.3) is 11.5 Å². The van der Waals surface area contributed by atoms with Crippen LogP contribution in [0.2, 0.25) is 0 Å². The molecule has 1 amide bonds. The summed E-state index contributed by atoms with van der Waals surface area (Å²) in [5, 5.41) is 4.56. The number of carbonyl (C=O) groups excluding carboxylic acids is 1. The van der Waals surface area contributed by atoms with E-state index in [0.717, 1.165) is 24.2 Å². The van der Waals surface area contributed by atoms with Gasteiger partial charge >= 0.3 is 0 Å². The fourth-order valence-electron chi connectivity index (χ4n) is 3.54. The molecule has 1 aliphatic heterocycles. The van der Waals surface area contributed by atoms with Crippen molar-refractivity contribution in [2.24, 2.45) is 0 Å². The number of hydrogen-bond acceptors (Lipinski definition) is 5. The van der Waals surface area contributed by atoms with Crippen LogP contribution in [-0.4, -0.2) is 39.0 Å². The number of aromatic amines is 1. The quantitative estimate of drug-likeness (QED) is 0.769. The maximum Gasteiger partial charge on any atom is 0.292 e. The second kappa shape index (κ2) is 6.98. The minimum Gasteiger partial charge on any atom is -0.351 e. The van der Waals surface area contributed by atoms with Gasteiger partial charge < -0.3 is 14.4 Å². The molecule has 1 aliphatic rings. The predicted octanol–water partition coefficient (Wildman–Crippen LogP) is 3.05. The van der Waals surface area contributed by atoms with Crippen molar-refractivity contribution in [1.82, 2.24) is 20.0 Å². The maximum absolute atomic E-state index is 12.6. The molecule has 0 bridgehead atoms. The first-order chi connectivity index (χ1) is 13.0. The summed E-state index contributed by atoms with van der Waals surface area (Å²) in [7, 11) is 0. The first-order valence-electron chi connectivity index (χ1n) is 9.27. The molecule has 0 aromatic carbocycles. The average molecular weight is 366 g/mol. The summed E-state index contributed by atoms with van der Waals surface area (Å²) < 4.78 is 5.22. The lowest BCUT2D eigenvalue weighted by atomic mass is 9.92. The molecule has 0 spiro atoms. The smallest absolute Gasteiger partial charge is 0.292 e. The highest BCUT2D eigenvalue weighted by Crippen LogP contribution is 2.28. The van der Waals surface area contributed by atoms with Crippen molar-refractivity contribution < 1.29 is 9.32 Å². The lowest BCUT2D eigenvalue weighted by Crippen LogP contribution is -2.38. The Morgan fingerprint density at radius 1 is 1.30 bits per heavy atom. The molecule has 0 aliphatic carbocycles. The topological polar surface area (TPSA) is 92.1 Å². The Morgan fingerprint density at radius 3 is 2.78 bits per heavy atom. The SMILES string of the molecule is CC(C)c1cc(C(=O)N2CCC(c3cc4ncccc4c(=O)[nH]3)CC2)on1. The summed E-state index contributed by atoms with van der Waals surface area (Å²) in [4.78, 5) is 34.0. The largest absolute Gasteiger partial charge is 0.351 e. The summed E-state index contributed by atoms with van der Waals surface area (Å²) in [6.45, 7) is 5.25. The van der Waals surface area contributed by atoms with Crippen molar-refractivity contribution >= 4 is 16.8 Å². The molecule has 7 heteroatoms. The first-order valence-corrected chi connectivity index (χ1v) is 9.27. The van der Waals surface area contributed by atoms with Crippen LogP contribution < -0.4 is 5.56 Å². The number of nitrogens with zero attached hydrogens (tertiary/aromatic N) is 3. The van der Waals surface area contributed by atoms with Crippen molar-refractivity contribution in [3.63, 3.8) is 0 Å².